The van der Waals surface area contributed by atoms with Gasteiger partial charge < -0.3 is 15.8 Å². The molecule has 0 aromatic rings. The number of ether oxygens (including phenoxy) is 1. The summed E-state index contributed by atoms with van der Waals surface area (Å²) in [6.45, 7) is 9.07. The smallest absolute Gasteiger partial charge is 0.0587 e. The maximum Gasteiger partial charge on any atom is 0.0587 e. The van der Waals surface area contributed by atoms with Crippen LogP contribution in [0.2, 0.25) is 0 Å². The van der Waals surface area contributed by atoms with Crippen LogP contribution in [0.25, 0.3) is 0 Å². The molecule has 0 fully saturated rings. The van der Waals surface area contributed by atoms with E-state index in [9.17, 15) is 0 Å². The molecule has 3 heteroatoms. The zero-order chi connectivity index (χ0) is 11.7. The summed E-state index contributed by atoms with van der Waals surface area (Å²) in [6, 6.07) is 0. The van der Waals surface area contributed by atoms with Crippen LogP contribution in [0.4, 0.5) is 0 Å². The first-order valence-electron chi connectivity index (χ1n) is 6.08. The Balaban J connectivity index is 4.16. The predicted octanol–water partition coefficient (Wildman–Crippen LogP) is 1.77. The second-order valence-corrected chi connectivity index (χ2v) is 4.48. The lowest BCUT2D eigenvalue weighted by atomic mass is 9.84. The molecule has 0 amide bonds. The molecule has 2 atom stereocenters. The Morgan fingerprint density at radius 3 is 2.47 bits per heavy atom. The molecular formula is C12H28N2O. The molecular weight excluding hydrogens is 188 g/mol. The van der Waals surface area contributed by atoms with E-state index in [0.717, 1.165) is 31.9 Å². The normalized spacial score (nSPS) is 17.4. The van der Waals surface area contributed by atoms with Gasteiger partial charge in [-0.25, -0.2) is 0 Å². The van der Waals surface area contributed by atoms with Crippen molar-refractivity contribution in [3.8, 4) is 0 Å². The molecule has 0 rings (SSSR count). The zero-order valence-corrected chi connectivity index (χ0v) is 10.8. The van der Waals surface area contributed by atoms with Gasteiger partial charge in [-0.15, -0.1) is 0 Å². The van der Waals surface area contributed by atoms with E-state index in [1.165, 1.54) is 6.42 Å². The van der Waals surface area contributed by atoms with Gasteiger partial charge in [-0.05, 0) is 18.8 Å². The Morgan fingerprint density at radius 2 is 2.07 bits per heavy atom. The molecule has 0 aliphatic rings. The van der Waals surface area contributed by atoms with Crippen LogP contribution in [0.5, 0.6) is 0 Å². The van der Waals surface area contributed by atoms with E-state index in [4.69, 9.17) is 10.5 Å². The molecule has 0 saturated carbocycles. The molecule has 0 aromatic carbocycles. The topological polar surface area (TPSA) is 47.3 Å². The van der Waals surface area contributed by atoms with Crippen molar-refractivity contribution in [2.75, 3.05) is 26.8 Å². The van der Waals surface area contributed by atoms with Crippen molar-refractivity contribution in [3.63, 3.8) is 0 Å². The SMILES string of the molecule is CCC(C)CC(CC)(CN)NCCOC. The van der Waals surface area contributed by atoms with Crippen molar-refractivity contribution in [2.45, 2.75) is 45.6 Å². The molecule has 0 bridgehead atoms. The predicted molar refractivity (Wildman–Crippen MR) is 66.0 cm³/mol. The van der Waals surface area contributed by atoms with Gasteiger partial charge in [0.2, 0.25) is 0 Å². The lowest BCUT2D eigenvalue weighted by Crippen LogP contribution is -2.52. The number of rotatable bonds is 9. The van der Waals surface area contributed by atoms with Crippen LogP contribution in [0.15, 0.2) is 0 Å². The Kier molecular flexibility index (Phi) is 8.02. The van der Waals surface area contributed by atoms with Gasteiger partial charge in [-0.1, -0.05) is 27.2 Å². The molecule has 0 aromatic heterocycles. The van der Waals surface area contributed by atoms with Crippen LogP contribution in [-0.2, 0) is 4.74 Å². The van der Waals surface area contributed by atoms with E-state index >= 15 is 0 Å². The van der Waals surface area contributed by atoms with E-state index in [0.29, 0.717) is 6.54 Å². The fourth-order valence-corrected chi connectivity index (χ4v) is 1.87. The van der Waals surface area contributed by atoms with Gasteiger partial charge in [0.05, 0.1) is 6.61 Å². The molecule has 3 nitrogen and oxygen atoms in total. The van der Waals surface area contributed by atoms with E-state index in [1.807, 2.05) is 0 Å². The summed E-state index contributed by atoms with van der Waals surface area (Å²) in [5.41, 5.74) is 6.01. The lowest BCUT2D eigenvalue weighted by molar-refractivity contribution is 0.173. The van der Waals surface area contributed by atoms with Gasteiger partial charge in [-0.2, -0.15) is 0 Å². The fourth-order valence-electron chi connectivity index (χ4n) is 1.87. The molecule has 15 heavy (non-hydrogen) atoms. The van der Waals surface area contributed by atoms with E-state index in [2.05, 4.69) is 26.1 Å². The minimum absolute atomic E-state index is 0.105. The van der Waals surface area contributed by atoms with Crippen LogP contribution in [-0.4, -0.2) is 32.3 Å². The van der Waals surface area contributed by atoms with Gasteiger partial charge in [0.15, 0.2) is 0 Å². The second-order valence-electron chi connectivity index (χ2n) is 4.48. The molecule has 0 radical (unpaired) electrons. The summed E-state index contributed by atoms with van der Waals surface area (Å²) < 4.78 is 5.05. The molecule has 3 N–H and O–H groups in total. The third-order valence-corrected chi connectivity index (χ3v) is 3.31. The highest BCUT2D eigenvalue weighted by molar-refractivity contribution is 4.89. The summed E-state index contributed by atoms with van der Waals surface area (Å²) in [5, 5.41) is 3.55. The standard InChI is InChI=1S/C12H28N2O/c1-5-11(3)9-12(6-2,10-13)14-7-8-15-4/h11,14H,5-10,13H2,1-4H3. The Labute approximate surface area is 94.8 Å². The van der Waals surface area contributed by atoms with E-state index < -0.39 is 0 Å². The highest BCUT2D eigenvalue weighted by atomic mass is 16.5. The molecule has 0 spiro atoms. The summed E-state index contributed by atoms with van der Waals surface area (Å²) in [7, 11) is 1.73. The Morgan fingerprint density at radius 1 is 1.40 bits per heavy atom. The highest BCUT2D eigenvalue weighted by Gasteiger charge is 2.27. The third kappa shape index (κ3) is 5.50. The maximum atomic E-state index is 5.90. The number of methoxy groups -OCH3 is 1. The lowest BCUT2D eigenvalue weighted by Gasteiger charge is -2.35. The van der Waals surface area contributed by atoms with Crippen molar-refractivity contribution in [1.82, 2.24) is 5.32 Å². The van der Waals surface area contributed by atoms with Crippen LogP contribution < -0.4 is 11.1 Å². The van der Waals surface area contributed by atoms with E-state index in [-0.39, 0.29) is 5.54 Å². The van der Waals surface area contributed by atoms with Crippen molar-refractivity contribution in [3.05, 3.63) is 0 Å². The van der Waals surface area contributed by atoms with Crippen molar-refractivity contribution < 1.29 is 4.74 Å². The molecule has 92 valence electrons. The minimum Gasteiger partial charge on any atom is -0.383 e. The first-order valence-corrected chi connectivity index (χ1v) is 6.08. The average Bonchev–Trinajstić information content (AvgIpc) is 2.27. The van der Waals surface area contributed by atoms with Crippen LogP contribution >= 0.6 is 0 Å². The van der Waals surface area contributed by atoms with Gasteiger partial charge in [0, 0.05) is 25.7 Å². The molecule has 0 saturated heterocycles. The van der Waals surface area contributed by atoms with Crippen LogP contribution in [0.3, 0.4) is 0 Å². The van der Waals surface area contributed by atoms with E-state index in [1.54, 1.807) is 7.11 Å². The van der Waals surface area contributed by atoms with Gasteiger partial charge >= 0.3 is 0 Å². The summed E-state index contributed by atoms with van der Waals surface area (Å²) in [4.78, 5) is 0. The van der Waals surface area contributed by atoms with Crippen LogP contribution in [0.1, 0.15) is 40.0 Å². The summed E-state index contributed by atoms with van der Waals surface area (Å²) in [6.07, 6.45) is 3.45. The number of nitrogens with one attached hydrogen (secondary N) is 1. The first kappa shape index (κ1) is 14.9. The first-order chi connectivity index (χ1) is 7.14. The number of nitrogens with two attached hydrogens (primary N) is 1. The fraction of sp³-hybridized carbons (Fsp3) is 1.00. The third-order valence-electron chi connectivity index (χ3n) is 3.31. The largest absolute Gasteiger partial charge is 0.383 e. The number of hydrogen-bond donors (Lipinski definition) is 2. The van der Waals surface area contributed by atoms with Crippen molar-refractivity contribution >= 4 is 0 Å². The van der Waals surface area contributed by atoms with Gasteiger partial charge in [-0.3, -0.25) is 0 Å². The Bertz CT molecular complexity index is 147. The van der Waals surface area contributed by atoms with Crippen LogP contribution in [0, 0.1) is 5.92 Å². The molecule has 0 aliphatic heterocycles. The summed E-state index contributed by atoms with van der Waals surface area (Å²) in [5.74, 6) is 0.726. The molecule has 0 aliphatic carbocycles. The van der Waals surface area contributed by atoms with Crippen molar-refractivity contribution in [1.29, 1.82) is 0 Å². The molecule has 2 unspecified atom stereocenters. The molecule has 0 heterocycles. The zero-order valence-electron chi connectivity index (χ0n) is 10.8. The van der Waals surface area contributed by atoms with Gasteiger partial charge in [0.25, 0.3) is 0 Å². The Hall–Kier alpha value is -0.120. The minimum atomic E-state index is 0.105. The number of hydrogen-bond acceptors (Lipinski definition) is 3. The van der Waals surface area contributed by atoms with Crippen molar-refractivity contribution in [2.24, 2.45) is 11.7 Å². The maximum absolute atomic E-state index is 5.90. The van der Waals surface area contributed by atoms with Gasteiger partial charge in [0.1, 0.15) is 0 Å². The second kappa shape index (κ2) is 8.08. The average molecular weight is 216 g/mol. The quantitative estimate of drug-likeness (QED) is 0.577. The highest BCUT2D eigenvalue weighted by Crippen LogP contribution is 2.21. The summed E-state index contributed by atoms with van der Waals surface area (Å²) >= 11 is 0. The monoisotopic (exact) mass is 216 g/mol.